The summed E-state index contributed by atoms with van der Waals surface area (Å²) in [6, 6.07) is 4.76. The fourth-order valence-corrected chi connectivity index (χ4v) is 2.95. The SMILES string of the molecule is CCc1cc(CNc2c(Cl)cc(F)cc2Br)n(CC)n1. The molecule has 108 valence electrons. The fourth-order valence-electron chi connectivity index (χ4n) is 1.99. The first-order chi connectivity index (χ1) is 9.55. The van der Waals surface area contributed by atoms with Gasteiger partial charge in [-0.25, -0.2) is 4.39 Å². The summed E-state index contributed by atoms with van der Waals surface area (Å²) in [6.07, 6.45) is 0.904. The normalized spacial score (nSPS) is 10.8. The molecule has 0 radical (unpaired) electrons. The number of rotatable bonds is 5. The van der Waals surface area contributed by atoms with Crippen LogP contribution in [0.1, 0.15) is 25.2 Å². The molecule has 1 aromatic heterocycles. The predicted octanol–water partition coefficient (Wildman–Crippen LogP) is 4.63. The van der Waals surface area contributed by atoms with E-state index < -0.39 is 0 Å². The Bertz CT molecular complexity index is 589. The molecular weight excluding hydrogens is 345 g/mol. The highest BCUT2D eigenvalue weighted by molar-refractivity contribution is 9.10. The largest absolute Gasteiger partial charge is 0.377 e. The molecular formula is C14H16BrClFN3. The van der Waals surface area contributed by atoms with Crippen molar-refractivity contribution < 1.29 is 4.39 Å². The van der Waals surface area contributed by atoms with Crippen molar-refractivity contribution >= 4 is 33.2 Å². The molecule has 0 aliphatic carbocycles. The summed E-state index contributed by atoms with van der Waals surface area (Å²) in [5.41, 5.74) is 2.83. The zero-order valence-corrected chi connectivity index (χ0v) is 13.7. The second kappa shape index (κ2) is 6.59. The first kappa shape index (κ1) is 15.3. The van der Waals surface area contributed by atoms with Crippen molar-refractivity contribution in [3.63, 3.8) is 0 Å². The van der Waals surface area contributed by atoms with Crippen molar-refractivity contribution in [2.75, 3.05) is 5.32 Å². The van der Waals surface area contributed by atoms with Crippen LogP contribution in [-0.4, -0.2) is 9.78 Å². The summed E-state index contributed by atoms with van der Waals surface area (Å²) in [5, 5.41) is 8.08. The first-order valence-electron chi connectivity index (χ1n) is 6.49. The van der Waals surface area contributed by atoms with E-state index in [2.05, 4.69) is 46.3 Å². The topological polar surface area (TPSA) is 29.9 Å². The Balaban J connectivity index is 2.18. The van der Waals surface area contributed by atoms with E-state index in [4.69, 9.17) is 11.6 Å². The van der Waals surface area contributed by atoms with Crippen LogP contribution in [0.3, 0.4) is 0 Å². The van der Waals surface area contributed by atoms with Crippen molar-refractivity contribution in [3.8, 4) is 0 Å². The van der Waals surface area contributed by atoms with Crippen LogP contribution in [0.5, 0.6) is 0 Å². The van der Waals surface area contributed by atoms with Gasteiger partial charge in [0, 0.05) is 11.0 Å². The van der Waals surface area contributed by atoms with Crippen LogP contribution in [0.25, 0.3) is 0 Å². The Labute approximate surface area is 131 Å². The third-order valence-corrected chi connectivity index (χ3v) is 3.95. The minimum absolute atomic E-state index is 0.357. The van der Waals surface area contributed by atoms with Crippen LogP contribution < -0.4 is 5.32 Å². The maximum absolute atomic E-state index is 13.2. The quantitative estimate of drug-likeness (QED) is 0.842. The molecule has 0 saturated carbocycles. The van der Waals surface area contributed by atoms with Gasteiger partial charge in [-0.15, -0.1) is 0 Å². The van der Waals surface area contributed by atoms with E-state index in [0.29, 0.717) is 21.7 Å². The lowest BCUT2D eigenvalue weighted by molar-refractivity contribution is 0.618. The Hall–Kier alpha value is -1.07. The van der Waals surface area contributed by atoms with Crippen molar-refractivity contribution in [3.05, 3.63) is 44.9 Å². The van der Waals surface area contributed by atoms with Crippen LogP contribution in [0.4, 0.5) is 10.1 Å². The Morgan fingerprint density at radius 3 is 2.70 bits per heavy atom. The number of hydrogen-bond donors (Lipinski definition) is 1. The second-order valence-electron chi connectivity index (χ2n) is 4.39. The smallest absolute Gasteiger partial charge is 0.125 e. The summed E-state index contributed by atoms with van der Waals surface area (Å²) < 4.78 is 15.8. The molecule has 3 nitrogen and oxygen atoms in total. The lowest BCUT2D eigenvalue weighted by Gasteiger charge is -2.11. The molecule has 0 aliphatic rings. The maximum atomic E-state index is 13.2. The van der Waals surface area contributed by atoms with Gasteiger partial charge in [0.05, 0.1) is 28.6 Å². The molecule has 20 heavy (non-hydrogen) atoms. The van der Waals surface area contributed by atoms with Crippen molar-refractivity contribution in [1.29, 1.82) is 0 Å². The molecule has 0 saturated heterocycles. The molecule has 2 aromatic rings. The predicted molar refractivity (Wildman–Crippen MR) is 83.7 cm³/mol. The Kier molecular flexibility index (Phi) is 5.05. The van der Waals surface area contributed by atoms with Gasteiger partial charge in [-0.05, 0) is 47.5 Å². The monoisotopic (exact) mass is 359 g/mol. The van der Waals surface area contributed by atoms with Gasteiger partial charge in [-0.1, -0.05) is 18.5 Å². The van der Waals surface area contributed by atoms with Crippen LogP contribution >= 0.6 is 27.5 Å². The maximum Gasteiger partial charge on any atom is 0.125 e. The van der Waals surface area contributed by atoms with Gasteiger partial charge < -0.3 is 5.32 Å². The minimum Gasteiger partial charge on any atom is -0.377 e. The average molecular weight is 361 g/mol. The third-order valence-electron chi connectivity index (χ3n) is 3.03. The number of nitrogens with zero attached hydrogens (tertiary/aromatic N) is 2. The summed E-state index contributed by atoms with van der Waals surface area (Å²) in [7, 11) is 0. The zero-order chi connectivity index (χ0) is 14.7. The van der Waals surface area contributed by atoms with E-state index in [0.717, 1.165) is 24.4 Å². The average Bonchev–Trinajstić information content (AvgIpc) is 2.80. The number of aryl methyl sites for hydroxylation is 2. The lowest BCUT2D eigenvalue weighted by atomic mass is 10.2. The molecule has 1 heterocycles. The molecule has 1 N–H and O–H groups in total. The Morgan fingerprint density at radius 1 is 1.35 bits per heavy atom. The van der Waals surface area contributed by atoms with Crippen LogP contribution in [0, 0.1) is 5.82 Å². The number of hydrogen-bond acceptors (Lipinski definition) is 2. The second-order valence-corrected chi connectivity index (χ2v) is 5.66. The number of nitrogens with one attached hydrogen (secondary N) is 1. The molecule has 0 amide bonds. The Morgan fingerprint density at radius 2 is 2.10 bits per heavy atom. The molecule has 0 unspecified atom stereocenters. The van der Waals surface area contributed by atoms with Gasteiger partial charge in [0.15, 0.2) is 0 Å². The van der Waals surface area contributed by atoms with Crippen LogP contribution in [-0.2, 0) is 19.5 Å². The van der Waals surface area contributed by atoms with Gasteiger partial charge in [0.2, 0.25) is 0 Å². The fraction of sp³-hybridized carbons (Fsp3) is 0.357. The van der Waals surface area contributed by atoms with E-state index in [1.54, 1.807) is 0 Å². The van der Waals surface area contributed by atoms with E-state index in [9.17, 15) is 4.39 Å². The number of benzene rings is 1. The van der Waals surface area contributed by atoms with E-state index >= 15 is 0 Å². The molecule has 0 aliphatic heterocycles. The standard InChI is InChI=1S/C14H16BrClFN3/c1-3-10-7-11(20(4-2)19-10)8-18-14-12(15)5-9(17)6-13(14)16/h5-7,18H,3-4,8H2,1-2H3. The third kappa shape index (κ3) is 3.33. The van der Waals surface area contributed by atoms with Gasteiger partial charge in [0.25, 0.3) is 0 Å². The van der Waals surface area contributed by atoms with Gasteiger partial charge >= 0.3 is 0 Å². The highest BCUT2D eigenvalue weighted by Gasteiger charge is 2.10. The summed E-state index contributed by atoms with van der Waals surface area (Å²) in [5.74, 6) is -0.362. The first-order valence-corrected chi connectivity index (χ1v) is 7.66. The number of anilines is 1. The number of halogens is 3. The molecule has 0 bridgehead atoms. The van der Waals surface area contributed by atoms with Crippen molar-refractivity contribution in [2.45, 2.75) is 33.4 Å². The number of aromatic nitrogens is 2. The molecule has 0 spiro atoms. The molecule has 2 rings (SSSR count). The molecule has 6 heteroatoms. The summed E-state index contributed by atoms with van der Waals surface area (Å²) in [6.45, 7) is 5.53. The molecule has 0 atom stereocenters. The van der Waals surface area contributed by atoms with Crippen LogP contribution in [0.2, 0.25) is 5.02 Å². The minimum atomic E-state index is -0.362. The van der Waals surface area contributed by atoms with Crippen molar-refractivity contribution in [2.24, 2.45) is 0 Å². The van der Waals surface area contributed by atoms with E-state index in [1.165, 1.54) is 12.1 Å². The van der Waals surface area contributed by atoms with E-state index in [-0.39, 0.29) is 5.82 Å². The lowest BCUT2D eigenvalue weighted by Crippen LogP contribution is -2.08. The summed E-state index contributed by atoms with van der Waals surface area (Å²) in [4.78, 5) is 0. The van der Waals surface area contributed by atoms with Gasteiger partial charge in [-0.3, -0.25) is 4.68 Å². The van der Waals surface area contributed by atoms with Crippen LogP contribution in [0.15, 0.2) is 22.7 Å². The van der Waals surface area contributed by atoms with Gasteiger partial charge in [-0.2, -0.15) is 5.10 Å². The molecule has 0 fully saturated rings. The zero-order valence-electron chi connectivity index (χ0n) is 11.4. The highest BCUT2D eigenvalue weighted by atomic mass is 79.9. The highest BCUT2D eigenvalue weighted by Crippen LogP contribution is 2.32. The van der Waals surface area contributed by atoms with Gasteiger partial charge in [0.1, 0.15) is 5.82 Å². The van der Waals surface area contributed by atoms with Crippen molar-refractivity contribution in [1.82, 2.24) is 9.78 Å². The van der Waals surface area contributed by atoms with E-state index in [1.807, 2.05) is 4.68 Å². The summed E-state index contributed by atoms with van der Waals surface area (Å²) >= 11 is 9.37. The molecule has 1 aromatic carbocycles.